The third kappa shape index (κ3) is 6.33. The summed E-state index contributed by atoms with van der Waals surface area (Å²) >= 11 is 0. The van der Waals surface area contributed by atoms with Crippen molar-refractivity contribution < 1.29 is 0 Å². The van der Waals surface area contributed by atoms with E-state index >= 15 is 0 Å². The first-order valence-electron chi connectivity index (χ1n) is 10.8. The predicted molar refractivity (Wildman–Crippen MR) is 136 cm³/mol. The summed E-state index contributed by atoms with van der Waals surface area (Å²) in [6.07, 6.45) is 6.99. The van der Waals surface area contributed by atoms with Gasteiger partial charge in [0, 0.05) is 43.9 Å². The van der Waals surface area contributed by atoms with Gasteiger partial charge >= 0.3 is 0 Å². The van der Waals surface area contributed by atoms with E-state index in [0.29, 0.717) is 0 Å². The summed E-state index contributed by atoms with van der Waals surface area (Å²) in [4.78, 5) is 16.3. The molecule has 2 aromatic rings. The number of guanidine groups is 1. The largest absolute Gasteiger partial charge is 0.356 e. The zero-order valence-electron chi connectivity index (χ0n) is 18.2. The van der Waals surface area contributed by atoms with E-state index in [4.69, 9.17) is 0 Å². The van der Waals surface area contributed by atoms with Crippen LogP contribution in [0.5, 0.6) is 0 Å². The van der Waals surface area contributed by atoms with Crippen molar-refractivity contribution in [2.45, 2.75) is 57.4 Å². The molecule has 30 heavy (non-hydrogen) atoms. The molecule has 0 bridgehead atoms. The molecule has 1 saturated carbocycles. The average Bonchev–Trinajstić information content (AvgIpc) is 3.23. The molecule has 3 rings (SSSR count). The van der Waals surface area contributed by atoms with Crippen molar-refractivity contribution >= 4 is 29.9 Å². The molecule has 0 amide bonds. The van der Waals surface area contributed by atoms with E-state index < -0.39 is 0 Å². The van der Waals surface area contributed by atoms with Crippen molar-refractivity contribution in [2.75, 3.05) is 20.1 Å². The number of hydrogen-bond donors (Lipinski definition) is 2. The fourth-order valence-electron chi connectivity index (χ4n) is 4.40. The van der Waals surface area contributed by atoms with Crippen LogP contribution in [0.4, 0.5) is 0 Å². The van der Waals surface area contributed by atoms with Gasteiger partial charge < -0.3 is 15.2 Å². The van der Waals surface area contributed by atoms with Gasteiger partial charge in [-0.25, -0.2) is 0 Å². The fraction of sp³-hybridized carbons (Fsp3) is 0.500. The van der Waals surface area contributed by atoms with Gasteiger partial charge in [0.2, 0.25) is 0 Å². The number of nitrogens with one attached hydrogen (secondary N) is 2. The van der Waals surface area contributed by atoms with Gasteiger partial charge in [0.05, 0.1) is 0 Å². The second-order valence-corrected chi connectivity index (χ2v) is 8.07. The standard InChI is InChI=1S/C24H34N4O.HI/c1-20-11-10-14-22(29)28(20)18-9-8-17-26-23(25-2)27-19-24(15-6-7-16-24)21-12-4-3-5-13-21;/h3-5,10-14H,6-9,15-19H2,1-2H3,(H2,25,26,27);1H. The van der Waals surface area contributed by atoms with Crippen molar-refractivity contribution in [1.82, 2.24) is 15.2 Å². The minimum Gasteiger partial charge on any atom is -0.356 e. The second kappa shape index (κ2) is 12.1. The third-order valence-electron chi connectivity index (χ3n) is 6.13. The van der Waals surface area contributed by atoms with E-state index in [1.807, 2.05) is 30.7 Å². The molecule has 1 aromatic carbocycles. The Labute approximate surface area is 197 Å². The Bertz CT molecular complexity index is 857. The summed E-state index contributed by atoms with van der Waals surface area (Å²) in [6.45, 7) is 4.50. The second-order valence-electron chi connectivity index (χ2n) is 8.07. The van der Waals surface area contributed by atoms with Crippen LogP contribution in [0.15, 0.2) is 58.3 Å². The van der Waals surface area contributed by atoms with Gasteiger partial charge in [-0.1, -0.05) is 49.2 Å². The summed E-state index contributed by atoms with van der Waals surface area (Å²) in [6, 6.07) is 16.3. The van der Waals surface area contributed by atoms with E-state index in [1.165, 1.54) is 31.2 Å². The topological polar surface area (TPSA) is 58.4 Å². The first-order valence-corrected chi connectivity index (χ1v) is 10.8. The zero-order valence-corrected chi connectivity index (χ0v) is 20.5. The molecule has 0 spiro atoms. The lowest BCUT2D eigenvalue weighted by molar-refractivity contribution is 0.431. The maximum atomic E-state index is 11.9. The first kappa shape index (κ1) is 24.4. The van der Waals surface area contributed by atoms with Crippen LogP contribution in [-0.2, 0) is 12.0 Å². The van der Waals surface area contributed by atoms with Crippen molar-refractivity contribution in [2.24, 2.45) is 4.99 Å². The van der Waals surface area contributed by atoms with Gasteiger partial charge in [-0.15, -0.1) is 24.0 Å². The number of pyridine rings is 1. The molecule has 0 unspecified atom stereocenters. The van der Waals surface area contributed by atoms with Crippen LogP contribution >= 0.6 is 24.0 Å². The number of aliphatic imine (C=N–C) groups is 1. The van der Waals surface area contributed by atoms with Crippen molar-refractivity contribution in [3.05, 3.63) is 70.1 Å². The molecule has 164 valence electrons. The Kier molecular flexibility index (Phi) is 9.88. The van der Waals surface area contributed by atoms with E-state index in [0.717, 1.165) is 44.1 Å². The summed E-state index contributed by atoms with van der Waals surface area (Å²) < 4.78 is 1.84. The highest BCUT2D eigenvalue weighted by molar-refractivity contribution is 14.0. The predicted octanol–water partition coefficient (Wildman–Crippen LogP) is 4.23. The van der Waals surface area contributed by atoms with Crippen molar-refractivity contribution in [1.29, 1.82) is 0 Å². The van der Waals surface area contributed by atoms with Gasteiger partial charge in [0.15, 0.2) is 5.96 Å². The molecule has 0 radical (unpaired) electrons. The molecule has 1 heterocycles. The molecule has 2 N–H and O–H groups in total. The van der Waals surface area contributed by atoms with Crippen LogP contribution in [-0.4, -0.2) is 30.7 Å². The highest BCUT2D eigenvalue weighted by Gasteiger charge is 2.35. The van der Waals surface area contributed by atoms with Gasteiger partial charge in [-0.05, 0) is 44.2 Å². The van der Waals surface area contributed by atoms with E-state index in [9.17, 15) is 4.79 Å². The first-order chi connectivity index (χ1) is 14.1. The van der Waals surface area contributed by atoms with Crippen LogP contribution in [0.25, 0.3) is 0 Å². The number of nitrogens with zero attached hydrogens (tertiary/aromatic N) is 2. The van der Waals surface area contributed by atoms with E-state index in [-0.39, 0.29) is 35.0 Å². The summed E-state index contributed by atoms with van der Waals surface area (Å²) in [7, 11) is 1.83. The fourth-order valence-corrected chi connectivity index (χ4v) is 4.40. The summed E-state index contributed by atoms with van der Waals surface area (Å²) in [5.41, 5.74) is 2.75. The maximum absolute atomic E-state index is 11.9. The number of rotatable bonds is 8. The molecule has 1 aliphatic rings. The number of hydrogen-bond acceptors (Lipinski definition) is 2. The van der Waals surface area contributed by atoms with Gasteiger partial charge in [-0.2, -0.15) is 0 Å². The Morgan fingerprint density at radius 1 is 1.03 bits per heavy atom. The minimum atomic E-state index is 0. The number of unbranched alkanes of at least 4 members (excludes halogenated alkanes) is 1. The molecule has 0 saturated heterocycles. The Balaban J connectivity index is 0.00000320. The molecule has 1 fully saturated rings. The Hall–Kier alpha value is -1.83. The molecule has 5 nitrogen and oxygen atoms in total. The van der Waals surface area contributed by atoms with Crippen LogP contribution in [0.3, 0.4) is 0 Å². The lowest BCUT2D eigenvalue weighted by Gasteiger charge is -2.30. The number of halogens is 1. The average molecular weight is 522 g/mol. The lowest BCUT2D eigenvalue weighted by Crippen LogP contribution is -2.45. The van der Waals surface area contributed by atoms with Crippen LogP contribution in [0.2, 0.25) is 0 Å². The normalized spacial score (nSPS) is 15.5. The van der Waals surface area contributed by atoms with E-state index in [1.54, 1.807) is 6.07 Å². The quantitative estimate of drug-likeness (QED) is 0.236. The molecule has 0 atom stereocenters. The highest BCUT2D eigenvalue weighted by atomic mass is 127. The van der Waals surface area contributed by atoms with Gasteiger partial charge in [0.1, 0.15) is 0 Å². The smallest absolute Gasteiger partial charge is 0.250 e. The lowest BCUT2D eigenvalue weighted by atomic mass is 9.79. The van der Waals surface area contributed by atoms with Crippen molar-refractivity contribution in [3.8, 4) is 0 Å². The molecular formula is C24H35IN4O. The third-order valence-corrected chi connectivity index (χ3v) is 6.13. The SMILES string of the molecule is CN=C(NCCCCn1c(C)cccc1=O)NCC1(c2ccccc2)CCCC1.I. The van der Waals surface area contributed by atoms with Gasteiger partial charge in [0.25, 0.3) is 5.56 Å². The summed E-state index contributed by atoms with van der Waals surface area (Å²) in [5, 5.41) is 6.99. The number of aryl methyl sites for hydroxylation is 1. The molecule has 6 heteroatoms. The molecule has 1 aliphatic carbocycles. The Morgan fingerprint density at radius 3 is 2.43 bits per heavy atom. The summed E-state index contributed by atoms with van der Waals surface area (Å²) in [5.74, 6) is 0.861. The van der Waals surface area contributed by atoms with Crippen LogP contribution < -0.4 is 16.2 Å². The molecular weight excluding hydrogens is 487 g/mol. The monoisotopic (exact) mass is 522 g/mol. The van der Waals surface area contributed by atoms with E-state index in [2.05, 4.69) is 46.0 Å². The van der Waals surface area contributed by atoms with Gasteiger partial charge in [-0.3, -0.25) is 9.79 Å². The van der Waals surface area contributed by atoms with Crippen LogP contribution in [0, 0.1) is 6.92 Å². The van der Waals surface area contributed by atoms with Crippen molar-refractivity contribution in [3.63, 3.8) is 0 Å². The molecule has 0 aliphatic heterocycles. The maximum Gasteiger partial charge on any atom is 0.250 e. The number of benzene rings is 1. The highest BCUT2D eigenvalue weighted by Crippen LogP contribution is 2.40. The number of aromatic nitrogens is 1. The Morgan fingerprint density at radius 2 is 1.77 bits per heavy atom. The zero-order chi connectivity index (χ0) is 20.5. The molecule has 1 aromatic heterocycles. The minimum absolute atomic E-state index is 0. The van der Waals surface area contributed by atoms with Crippen LogP contribution in [0.1, 0.15) is 49.8 Å².